The van der Waals surface area contributed by atoms with Crippen LogP contribution < -0.4 is 4.74 Å². The fourth-order valence-corrected chi connectivity index (χ4v) is 2.06. The minimum Gasteiger partial charge on any atom is -0.510 e. The van der Waals surface area contributed by atoms with Gasteiger partial charge in [0.15, 0.2) is 0 Å². The van der Waals surface area contributed by atoms with Crippen LogP contribution in [0.2, 0.25) is 0 Å². The van der Waals surface area contributed by atoms with Crippen molar-refractivity contribution in [2.75, 3.05) is 7.11 Å². The number of benzene rings is 1. The van der Waals surface area contributed by atoms with Crippen LogP contribution >= 0.6 is 0 Å². The molecule has 3 rings (SSSR count). The van der Waals surface area contributed by atoms with Gasteiger partial charge in [0.1, 0.15) is 11.6 Å². The van der Waals surface area contributed by atoms with E-state index in [0.717, 1.165) is 0 Å². The molecular weight excluding hydrogens is 476 g/mol. The Bertz CT molecular complexity index is 905. The zero-order valence-corrected chi connectivity index (χ0v) is 19.1. The van der Waals surface area contributed by atoms with E-state index in [-0.39, 0.29) is 56.8 Å². The Kier molecular flexibility index (Phi) is 10.7. The number of hydrogen-bond donors (Lipinski definition) is 0. The molecule has 6 nitrogen and oxygen atoms in total. The quantitative estimate of drug-likeness (QED) is 0.459. The fourth-order valence-electron chi connectivity index (χ4n) is 2.06. The van der Waals surface area contributed by atoms with Crippen LogP contribution in [-0.2, 0) is 44.1 Å². The molecule has 0 aliphatic rings. The van der Waals surface area contributed by atoms with E-state index >= 15 is 0 Å². The summed E-state index contributed by atoms with van der Waals surface area (Å²) in [6.07, 6.45) is -3.65. The summed E-state index contributed by atoms with van der Waals surface area (Å²) in [7, 11) is 1.41. The number of alkyl halides is 3. The van der Waals surface area contributed by atoms with Gasteiger partial charge >= 0.3 is 6.18 Å². The molecular formula is C20H18F3N3O3Y-2. The summed E-state index contributed by atoms with van der Waals surface area (Å²) in [5.74, 6) is -0.681. The fraction of sp³-hybridized carbons (Fsp3) is 0.200. The Morgan fingerprint density at radius 2 is 1.77 bits per heavy atom. The van der Waals surface area contributed by atoms with Crippen LogP contribution in [0, 0.1) is 12.2 Å². The van der Waals surface area contributed by atoms with Crippen LogP contribution in [0.4, 0.5) is 13.2 Å². The predicted molar refractivity (Wildman–Crippen MR) is 98.3 cm³/mol. The summed E-state index contributed by atoms with van der Waals surface area (Å²) in [5.41, 5.74) is 0.760. The predicted octanol–water partition coefficient (Wildman–Crippen LogP) is 4.79. The van der Waals surface area contributed by atoms with E-state index in [0.29, 0.717) is 5.56 Å². The molecule has 3 aromatic rings. The van der Waals surface area contributed by atoms with Crippen LogP contribution in [0.25, 0.3) is 11.6 Å². The largest absolute Gasteiger partial charge is 0.510 e. The van der Waals surface area contributed by atoms with Gasteiger partial charge in [0.2, 0.25) is 5.88 Å². The van der Waals surface area contributed by atoms with Gasteiger partial charge in [-0.2, -0.15) is 6.92 Å². The summed E-state index contributed by atoms with van der Waals surface area (Å²) >= 11 is 0. The van der Waals surface area contributed by atoms with Crippen LogP contribution in [0.1, 0.15) is 18.4 Å². The Morgan fingerprint density at radius 3 is 2.37 bits per heavy atom. The van der Waals surface area contributed by atoms with Crippen molar-refractivity contribution in [3.63, 3.8) is 0 Å². The average Bonchev–Trinajstić information content (AvgIpc) is 3.18. The number of allylic oxidation sites excluding steroid dienone is 1. The average molecular weight is 494 g/mol. The number of pyridine rings is 1. The summed E-state index contributed by atoms with van der Waals surface area (Å²) in [5, 5.41) is 7.06. The zero-order valence-electron chi connectivity index (χ0n) is 16.3. The molecule has 0 N–H and O–H groups in total. The maximum atomic E-state index is 13.3. The van der Waals surface area contributed by atoms with Gasteiger partial charge in [-0.3, -0.25) is 6.58 Å². The maximum Gasteiger partial charge on any atom is 0.314 e. The van der Waals surface area contributed by atoms with Crippen molar-refractivity contribution in [3.8, 4) is 17.5 Å². The first-order valence-corrected chi connectivity index (χ1v) is 8.29. The van der Waals surface area contributed by atoms with Crippen molar-refractivity contribution in [2.24, 2.45) is 0 Å². The Labute approximate surface area is 197 Å². The summed E-state index contributed by atoms with van der Waals surface area (Å²) in [6.45, 7) is 4.71. The second-order valence-corrected chi connectivity index (χ2v) is 5.43. The third-order valence-corrected chi connectivity index (χ3v) is 3.25. The molecule has 0 fully saturated rings. The number of rotatable bonds is 6. The van der Waals surface area contributed by atoms with Crippen LogP contribution in [0.15, 0.2) is 59.5 Å². The van der Waals surface area contributed by atoms with Crippen LogP contribution in [0.3, 0.4) is 0 Å². The third-order valence-electron chi connectivity index (χ3n) is 3.25. The smallest absolute Gasteiger partial charge is 0.314 e. The van der Waals surface area contributed by atoms with E-state index < -0.39 is 18.2 Å². The molecule has 10 heteroatoms. The Balaban J connectivity index is 0.00000106. The molecule has 2 aromatic heterocycles. The summed E-state index contributed by atoms with van der Waals surface area (Å²) in [6, 6.07) is 13.1. The molecule has 30 heavy (non-hydrogen) atoms. The maximum absolute atomic E-state index is 13.3. The standard InChI is InChI=1S/C17H13F3N3O3.C3H5.Y/c1-24-13-9-5-8-12(21-13)15-22-23-16(26-15)14(17(18,19)20)25-10-11-6-3-2-4-7-11;1-3-2;/h2-9H,10H2,1H3;1H2,2H3;/q2*-1;. The zero-order chi connectivity index (χ0) is 21.3. The molecule has 1 aromatic carbocycles. The number of ether oxygens (including phenoxy) is 2. The molecule has 0 spiro atoms. The second kappa shape index (κ2) is 12.5. The van der Waals surface area contributed by atoms with Gasteiger partial charge in [0.25, 0.3) is 5.89 Å². The first-order valence-electron chi connectivity index (χ1n) is 8.29. The number of nitrogens with zero attached hydrogens (tertiary/aromatic N) is 3. The van der Waals surface area contributed by atoms with Gasteiger partial charge in [-0.1, -0.05) is 42.5 Å². The molecule has 157 valence electrons. The molecule has 1 radical (unpaired) electrons. The molecule has 0 saturated heterocycles. The molecule has 0 amide bonds. The molecule has 0 bridgehead atoms. The monoisotopic (exact) mass is 494 g/mol. The number of hydrogen-bond acceptors (Lipinski definition) is 6. The van der Waals surface area contributed by atoms with Crippen molar-refractivity contribution in [3.05, 3.63) is 78.7 Å². The van der Waals surface area contributed by atoms with Gasteiger partial charge in [0, 0.05) is 45.4 Å². The van der Waals surface area contributed by atoms with Gasteiger partial charge in [-0.25, -0.2) is 18.2 Å². The first-order chi connectivity index (χ1) is 13.9. The summed E-state index contributed by atoms with van der Waals surface area (Å²) in [4.78, 5) is 4.04. The first kappa shape index (κ1) is 25.8. The van der Waals surface area contributed by atoms with Crippen molar-refractivity contribution < 1.29 is 59.8 Å². The number of aromatic nitrogens is 3. The van der Waals surface area contributed by atoms with E-state index in [4.69, 9.17) is 13.9 Å². The molecule has 0 atom stereocenters. The Morgan fingerprint density at radius 1 is 1.10 bits per heavy atom. The third kappa shape index (κ3) is 7.55. The van der Waals surface area contributed by atoms with Crippen LogP contribution in [0.5, 0.6) is 5.88 Å². The molecule has 0 saturated carbocycles. The van der Waals surface area contributed by atoms with Crippen molar-refractivity contribution >= 4 is 0 Å². The topological polar surface area (TPSA) is 70.3 Å². The van der Waals surface area contributed by atoms with Gasteiger partial charge in [-0.05, 0) is 11.6 Å². The molecule has 2 heterocycles. The number of halogens is 3. The SMILES string of the molecule is C=[C-]C.COc1cccc(-c2nnc([C-](OCc3ccccc3)C(F)(F)F)o2)n1.[Y]. The van der Waals surface area contributed by atoms with E-state index in [1.165, 1.54) is 13.2 Å². The van der Waals surface area contributed by atoms with E-state index in [1.807, 2.05) is 0 Å². The van der Waals surface area contributed by atoms with Crippen molar-refractivity contribution in [2.45, 2.75) is 19.7 Å². The molecule has 0 aliphatic heterocycles. The van der Waals surface area contributed by atoms with Gasteiger partial charge in [0.05, 0.1) is 7.11 Å². The van der Waals surface area contributed by atoms with Crippen LogP contribution in [-0.4, -0.2) is 28.5 Å². The number of methoxy groups -OCH3 is 1. The molecule has 0 unspecified atom stereocenters. The minimum absolute atomic E-state index is 0. The van der Waals surface area contributed by atoms with Gasteiger partial charge < -0.3 is 20.0 Å². The van der Waals surface area contributed by atoms with E-state index in [9.17, 15) is 13.2 Å². The van der Waals surface area contributed by atoms with Gasteiger partial charge in [-0.15, -0.1) is 10.2 Å². The van der Waals surface area contributed by atoms with Crippen molar-refractivity contribution in [1.29, 1.82) is 0 Å². The minimum atomic E-state index is -4.79. The van der Waals surface area contributed by atoms with Crippen molar-refractivity contribution in [1.82, 2.24) is 15.2 Å². The second-order valence-electron chi connectivity index (χ2n) is 5.43. The normalized spacial score (nSPS) is 10.3. The Hall–Kier alpha value is -2.23. The molecule has 0 aliphatic carbocycles. The van der Waals surface area contributed by atoms with E-state index in [1.54, 1.807) is 49.4 Å². The summed E-state index contributed by atoms with van der Waals surface area (Å²) < 4.78 is 54.9. The van der Waals surface area contributed by atoms with E-state index in [2.05, 4.69) is 27.8 Å².